The van der Waals surface area contributed by atoms with E-state index in [0.29, 0.717) is 6.54 Å². The highest BCUT2D eigenvalue weighted by molar-refractivity contribution is 5.83. The molecule has 1 amide bonds. The van der Waals surface area contributed by atoms with Crippen LogP contribution < -0.4 is 0 Å². The average Bonchev–Trinajstić information content (AvgIpc) is 2.28. The van der Waals surface area contributed by atoms with Crippen LogP contribution in [0.5, 0.6) is 0 Å². The molecule has 0 aromatic carbocycles. The van der Waals surface area contributed by atoms with Gasteiger partial charge >= 0.3 is 0 Å². The predicted octanol–water partition coefficient (Wildman–Crippen LogP) is 0.128. The molecule has 1 atom stereocenters. The van der Waals surface area contributed by atoms with Crippen LogP contribution in [0.2, 0.25) is 0 Å². The zero-order valence-corrected chi connectivity index (χ0v) is 9.12. The molecule has 1 heterocycles. The molecule has 4 heteroatoms. The van der Waals surface area contributed by atoms with E-state index < -0.39 is 0 Å². The Morgan fingerprint density at radius 2 is 2.07 bits per heavy atom. The molecule has 0 aromatic heterocycles. The van der Waals surface area contributed by atoms with Gasteiger partial charge in [0.25, 0.3) is 0 Å². The lowest BCUT2D eigenvalue weighted by atomic mass is 10.2. The number of ketones is 1. The molecule has 0 spiro atoms. The van der Waals surface area contributed by atoms with Crippen molar-refractivity contribution in [2.45, 2.75) is 26.3 Å². The van der Waals surface area contributed by atoms with E-state index in [1.165, 1.54) is 0 Å². The van der Waals surface area contributed by atoms with Crippen molar-refractivity contribution in [1.29, 1.82) is 0 Å². The molecule has 0 aromatic rings. The lowest BCUT2D eigenvalue weighted by Crippen LogP contribution is -2.42. The first-order valence-electron chi connectivity index (χ1n) is 5.01. The van der Waals surface area contributed by atoms with Crippen LogP contribution in [0, 0.1) is 0 Å². The Labute approximate surface area is 84.9 Å². The number of carbonyl (C=O) groups excluding carboxylic acids is 2. The summed E-state index contributed by atoms with van der Waals surface area (Å²) in [5, 5.41) is 0. The van der Waals surface area contributed by atoms with Gasteiger partial charge in [-0.2, -0.15) is 0 Å². The molecule has 0 saturated carbocycles. The van der Waals surface area contributed by atoms with Crippen LogP contribution in [-0.4, -0.2) is 54.2 Å². The van der Waals surface area contributed by atoms with E-state index in [0.717, 1.165) is 19.5 Å². The Bertz CT molecular complexity index is 240. The van der Waals surface area contributed by atoms with Gasteiger partial charge in [0, 0.05) is 20.1 Å². The second-order valence-corrected chi connectivity index (χ2v) is 3.93. The summed E-state index contributed by atoms with van der Waals surface area (Å²) >= 11 is 0. The number of nitrogens with zero attached hydrogens (tertiary/aromatic N) is 2. The summed E-state index contributed by atoms with van der Waals surface area (Å²) in [6.45, 7) is 5.43. The summed E-state index contributed by atoms with van der Waals surface area (Å²) in [6.07, 6.45) is 0.944. The molecule has 1 aliphatic rings. The summed E-state index contributed by atoms with van der Waals surface area (Å²) in [5.41, 5.74) is 0. The normalized spacial score (nSPS) is 21.9. The van der Waals surface area contributed by atoms with Crippen molar-refractivity contribution in [3.63, 3.8) is 0 Å². The van der Waals surface area contributed by atoms with Crippen LogP contribution in [0.25, 0.3) is 0 Å². The van der Waals surface area contributed by atoms with Gasteiger partial charge in [0.1, 0.15) is 5.78 Å². The minimum Gasteiger partial charge on any atom is -0.345 e. The molecule has 14 heavy (non-hydrogen) atoms. The SMILES string of the molecule is CC(=O)C(C)N1CCCN(C)C(=O)C1. The quantitative estimate of drug-likeness (QED) is 0.633. The molecule has 1 saturated heterocycles. The average molecular weight is 198 g/mol. The fourth-order valence-electron chi connectivity index (χ4n) is 1.60. The molecular weight excluding hydrogens is 180 g/mol. The number of hydrogen-bond acceptors (Lipinski definition) is 3. The smallest absolute Gasteiger partial charge is 0.236 e. The van der Waals surface area contributed by atoms with E-state index >= 15 is 0 Å². The van der Waals surface area contributed by atoms with Crippen LogP contribution in [0.3, 0.4) is 0 Å². The first-order valence-corrected chi connectivity index (χ1v) is 5.01. The summed E-state index contributed by atoms with van der Waals surface area (Å²) < 4.78 is 0. The second-order valence-electron chi connectivity index (χ2n) is 3.93. The van der Waals surface area contributed by atoms with Crippen molar-refractivity contribution in [3.05, 3.63) is 0 Å². The van der Waals surface area contributed by atoms with Gasteiger partial charge in [-0.3, -0.25) is 14.5 Å². The maximum absolute atomic E-state index is 11.5. The van der Waals surface area contributed by atoms with Gasteiger partial charge in [-0.25, -0.2) is 0 Å². The highest BCUT2D eigenvalue weighted by atomic mass is 16.2. The molecule has 0 bridgehead atoms. The van der Waals surface area contributed by atoms with Crippen molar-refractivity contribution < 1.29 is 9.59 Å². The van der Waals surface area contributed by atoms with Crippen molar-refractivity contribution >= 4 is 11.7 Å². The van der Waals surface area contributed by atoms with Crippen LogP contribution in [0.4, 0.5) is 0 Å². The van der Waals surface area contributed by atoms with Gasteiger partial charge in [-0.1, -0.05) is 0 Å². The molecule has 1 unspecified atom stereocenters. The van der Waals surface area contributed by atoms with Gasteiger partial charge in [0.15, 0.2) is 0 Å². The summed E-state index contributed by atoms with van der Waals surface area (Å²) in [4.78, 5) is 26.4. The number of hydrogen-bond donors (Lipinski definition) is 0. The Morgan fingerprint density at radius 1 is 1.43 bits per heavy atom. The highest BCUT2D eigenvalue weighted by Gasteiger charge is 2.24. The lowest BCUT2D eigenvalue weighted by molar-refractivity contribution is -0.131. The third-order valence-corrected chi connectivity index (χ3v) is 2.84. The van der Waals surface area contributed by atoms with Gasteiger partial charge in [0.05, 0.1) is 12.6 Å². The van der Waals surface area contributed by atoms with E-state index in [2.05, 4.69) is 0 Å². The van der Waals surface area contributed by atoms with E-state index in [4.69, 9.17) is 0 Å². The third-order valence-electron chi connectivity index (χ3n) is 2.84. The summed E-state index contributed by atoms with van der Waals surface area (Å²) in [6, 6.07) is -0.134. The maximum Gasteiger partial charge on any atom is 0.236 e. The van der Waals surface area contributed by atoms with E-state index in [1.807, 2.05) is 18.9 Å². The zero-order valence-electron chi connectivity index (χ0n) is 9.12. The Balaban J connectivity index is 2.63. The topological polar surface area (TPSA) is 40.6 Å². The zero-order chi connectivity index (χ0) is 10.7. The molecule has 0 radical (unpaired) electrons. The number of rotatable bonds is 2. The van der Waals surface area contributed by atoms with Crippen molar-refractivity contribution in [3.8, 4) is 0 Å². The molecular formula is C10H18N2O2. The number of amides is 1. The maximum atomic E-state index is 11.5. The third kappa shape index (κ3) is 2.54. The first kappa shape index (κ1) is 11.2. The van der Waals surface area contributed by atoms with Crippen LogP contribution in [-0.2, 0) is 9.59 Å². The Morgan fingerprint density at radius 3 is 2.64 bits per heavy atom. The number of Topliss-reactive ketones (excluding diaryl/α,β-unsaturated/α-hetero) is 1. The highest BCUT2D eigenvalue weighted by Crippen LogP contribution is 2.07. The minimum absolute atomic E-state index is 0.107. The number of carbonyl (C=O) groups is 2. The monoisotopic (exact) mass is 198 g/mol. The van der Waals surface area contributed by atoms with E-state index in [-0.39, 0.29) is 17.7 Å². The van der Waals surface area contributed by atoms with Crippen molar-refractivity contribution in [2.75, 3.05) is 26.7 Å². The molecule has 0 aliphatic carbocycles. The largest absolute Gasteiger partial charge is 0.345 e. The fourth-order valence-corrected chi connectivity index (χ4v) is 1.60. The van der Waals surface area contributed by atoms with Crippen LogP contribution in [0.15, 0.2) is 0 Å². The molecule has 4 nitrogen and oxygen atoms in total. The van der Waals surface area contributed by atoms with E-state index in [9.17, 15) is 9.59 Å². The van der Waals surface area contributed by atoms with E-state index in [1.54, 1.807) is 11.8 Å². The molecule has 1 rings (SSSR count). The predicted molar refractivity (Wildman–Crippen MR) is 54.0 cm³/mol. The fraction of sp³-hybridized carbons (Fsp3) is 0.800. The number of likely N-dealkylation sites (N-methyl/N-ethyl adjacent to an activating group) is 1. The van der Waals surface area contributed by atoms with Gasteiger partial charge < -0.3 is 4.90 Å². The van der Waals surface area contributed by atoms with Gasteiger partial charge in [-0.05, 0) is 20.3 Å². The molecule has 1 fully saturated rings. The van der Waals surface area contributed by atoms with Gasteiger partial charge in [-0.15, -0.1) is 0 Å². The van der Waals surface area contributed by atoms with Crippen molar-refractivity contribution in [1.82, 2.24) is 9.80 Å². The Kier molecular flexibility index (Phi) is 3.63. The second kappa shape index (κ2) is 4.55. The first-order chi connectivity index (χ1) is 6.52. The Hall–Kier alpha value is -0.900. The summed E-state index contributed by atoms with van der Waals surface area (Å²) in [7, 11) is 1.81. The van der Waals surface area contributed by atoms with Gasteiger partial charge in [0.2, 0.25) is 5.91 Å². The minimum atomic E-state index is -0.134. The molecule has 80 valence electrons. The van der Waals surface area contributed by atoms with Crippen LogP contribution in [0.1, 0.15) is 20.3 Å². The molecule has 1 aliphatic heterocycles. The summed E-state index contributed by atoms with van der Waals surface area (Å²) in [5.74, 6) is 0.234. The van der Waals surface area contributed by atoms with Crippen LogP contribution >= 0.6 is 0 Å². The lowest BCUT2D eigenvalue weighted by Gasteiger charge is -2.24. The standard InChI is InChI=1S/C10H18N2O2/c1-8(9(2)13)12-6-4-5-11(3)10(14)7-12/h8H,4-7H2,1-3H3. The molecule has 0 N–H and O–H groups in total. The van der Waals surface area contributed by atoms with Crippen molar-refractivity contribution in [2.24, 2.45) is 0 Å².